The molecule has 1 aromatic rings. The number of rotatable bonds is 5. The van der Waals surface area contributed by atoms with Crippen LogP contribution in [0.1, 0.15) is 33.1 Å². The Bertz CT molecular complexity index is 675. The van der Waals surface area contributed by atoms with Gasteiger partial charge in [-0.2, -0.15) is 0 Å². The molecule has 3 aliphatic rings. The number of hydrogen-bond donors (Lipinski definition) is 1. The smallest absolute Gasteiger partial charge is 0.254 e. The molecule has 1 N–H and O–H groups in total. The van der Waals surface area contributed by atoms with E-state index in [2.05, 4.69) is 35.0 Å². The molecule has 0 aliphatic heterocycles. The maximum absolute atomic E-state index is 12.1. The van der Waals surface area contributed by atoms with Crippen molar-refractivity contribution in [3.63, 3.8) is 0 Å². The number of aromatic nitrogens is 3. The molecular formula is C14H22N4O2S. The van der Waals surface area contributed by atoms with Crippen molar-refractivity contribution < 1.29 is 8.42 Å². The molecule has 7 heteroatoms. The summed E-state index contributed by atoms with van der Waals surface area (Å²) in [5, 5.41) is 7.28. The first-order chi connectivity index (χ1) is 9.80. The van der Waals surface area contributed by atoms with E-state index >= 15 is 0 Å². The minimum absolute atomic E-state index is 0.0216. The van der Waals surface area contributed by atoms with Crippen molar-refractivity contribution in [2.45, 2.75) is 38.1 Å². The molecule has 0 radical (unpaired) electrons. The molecule has 1 heterocycles. The lowest BCUT2D eigenvalue weighted by Gasteiger charge is -2.56. The van der Waals surface area contributed by atoms with Crippen LogP contribution in [0.25, 0.3) is 0 Å². The lowest BCUT2D eigenvalue weighted by atomic mass is 9.48. The molecule has 0 spiro atoms. The highest BCUT2D eigenvalue weighted by atomic mass is 32.2. The second-order valence-electron chi connectivity index (χ2n) is 6.70. The maximum atomic E-state index is 12.1. The van der Waals surface area contributed by atoms with E-state index in [9.17, 15) is 8.42 Å². The topological polar surface area (TPSA) is 76.9 Å². The lowest BCUT2D eigenvalue weighted by molar-refractivity contribution is -0.00804. The van der Waals surface area contributed by atoms with Gasteiger partial charge < -0.3 is 0 Å². The van der Waals surface area contributed by atoms with Crippen molar-refractivity contribution in [1.82, 2.24) is 19.7 Å². The second-order valence-corrected chi connectivity index (χ2v) is 8.41. The van der Waals surface area contributed by atoms with E-state index in [-0.39, 0.29) is 5.03 Å². The van der Waals surface area contributed by atoms with Crippen LogP contribution in [0.2, 0.25) is 0 Å². The second kappa shape index (κ2) is 4.91. The highest BCUT2D eigenvalue weighted by Crippen LogP contribution is 2.59. The number of hydrogen-bond acceptors (Lipinski definition) is 4. The van der Waals surface area contributed by atoms with Crippen LogP contribution in [0.15, 0.2) is 22.9 Å². The molecule has 2 atom stereocenters. The van der Waals surface area contributed by atoms with E-state index in [4.69, 9.17) is 0 Å². The summed E-state index contributed by atoms with van der Waals surface area (Å²) in [5.41, 5.74) is 1.79. The zero-order chi connectivity index (χ0) is 15.3. The van der Waals surface area contributed by atoms with Crippen molar-refractivity contribution in [2.75, 3.05) is 6.54 Å². The fourth-order valence-corrected chi connectivity index (χ4v) is 4.56. The van der Waals surface area contributed by atoms with Crippen molar-refractivity contribution in [3.05, 3.63) is 17.8 Å². The van der Waals surface area contributed by atoms with Crippen molar-refractivity contribution in [1.29, 1.82) is 0 Å². The zero-order valence-electron chi connectivity index (χ0n) is 12.7. The van der Waals surface area contributed by atoms with E-state index in [0.717, 1.165) is 18.8 Å². The SMILES string of the molecule is Cn1cc(S(=O)(=O)NCCC2=CC[C@H]3C[C@@H]2C3(C)C)nn1. The third-order valence-electron chi connectivity index (χ3n) is 5.15. The fraction of sp³-hybridized carbons (Fsp3) is 0.714. The number of fused-ring (bicyclic) bond motifs is 1. The first-order valence-electron chi connectivity index (χ1n) is 7.35. The van der Waals surface area contributed by atoms with E-state index < -0.39 is 10.0 Å². The van der Waals surface area contributed by atoms with E-state index in [1.165, 1.54) is 22.9 Å². The Kier molecular flexibility index (Phi) is 3.44. The molecule has 6 nitrogen and oxygen atoms in total. The van der Waals surface area contributed by atoms with Crippen LogP contribution in [0.4, 0.5) is 0 Å². The normalized spacial score (nSPS) is 27.1. The Morgan fingerprint density at radius 2 is 2.24 bits per heavy atom. The number of sulfonamides is 1. The van der Waals surface area contributed by atoms with Crippen molar-refractivity contribution in [2.24, 2.45) is 24.3 Å². The molecule has 0 aromatic carbocycles. The predicted octanol–water partition coefficient (Wildman–Crippen LogP) is 1.48. The minimum Gasteiger partial charge on any atom is -0.254 e. The zero-order valence-corrected chi connectivity index (χ0v) is 13.5. The average molecular weight is 310 g/mol. The number of aryl methyl sites for hydroxylation is 1. The molecule has 21 heavy (non-hydrogen) atoms. The third kappa shape index (κ3) is 2.53. The van der Waals surface area contributed by atoms with Gasteiger partial charge in [-0.05, 0) is 36.5 Å². The van der Waals surface area contributed by atoms with Gasteiger partial charge in [0.2, 0.25) is 5.03 Å². The molecular weight excluding hydrogens is 288 g/mol. The summed E-state index contributed by atoms with van der Waals surface area (Å²) in [6.45, 7) is 5.06. The summed E-state index contributed by atoms with van der Waals surface area (Å²) >= 11 is 0. The quantitative estimate of drug-likeness (QED) is 0.836. The minimum atomic E-state index is -3.55. The molecule has 0 unspecified atom stereocenters. The molecule has 4 rings (SSSR count). The number of allylic oxidation sites excluding steroid dienone is 1. The van der Waals surface area contributed by atoms with Gasteiger partial charge in [-0.15, -0.1) is 5.10 Å². The van der Waals surface area contributed by atoms with Crippen LogP contribution < -0.4 is 4.72 Å². The molecule has 0 saturated heterocycles. The lowest BCUT2D eigenvalue weighted by Crippen LogP contribution is -2.48. The largest absolute Gasteiger partial charge is 0.261 e. The van der Waals surface area contributed by atoms with Gasteiger partial charge in [-0.1, -0.05) is 30.7 Å². The van der Waals surface area contributed by atoms with Crippen molar-refractivity contribution in [3.8, 4) is 0 Å². The molecule has 0 amide bonds. The molecule has 1 aromatic heterocycles. The number of nitrogens with one attached hydrogen (secondary N) is 1. The van der Waals surface area contributed by atoms with Crippen LogP contribution >= 0.6 is 0 Å². The van der Waals surface area contributed by atoms with Gasteiger partial charge in [-0.3, -0.25) is 4.68 Å². The van der Waals surface area contributed by atoms with Crippen LogP contribution in [-0.4, -0.2) is 30.0 Å². The summed E-state index contributed by atoms with van der Waals surface area (Å²) in [6, 6.07) is 0. The van der Waals surface area contributed by atoms with E-state index in [0.29, 0.717) is 17.9 Å². The van der Waals surface area contributed by atoms with Gasteiger partial charge in [0.05, 0.1) is 6.20 Å². The standard InChI is InChI=1S/C14H22N4O2S/c1-14(2)11-5-4-10(12(14)8-11)6-7-15-21(19,20)13-9-18(3)17-16-13/h4,9,11-12,15H,5-8H2,1-3H3/t11-,12-/m0/s1. The van der Waals surface area contributed by atoms with Crippen molar-refractivity contribution >= 4 is 10.0 Å². The van der Waals surface area contributed by atoms with Crippen LogP contribution in [-0.2, 0) is 17.1 Å². The first kappa shape index (κ1) is 14.7. The molecule has 3 aliphatic carbocycles. The van der Waals surface area contributed by atoms with Crippen LogP contribution in [0.3, 0.4) is 0 Å². The molecule has 2 bridgehead atoms. The third-order valence-corrected chi connectivity index (χ3v) is 6.47. The van der Waals surface area contributed by atoms with E-state index in [1.807, 2.05) is 0 Å². The van der Waals surface area contributed by atoms with Crippen LogP contribution in [0, 0.1) is 17.3 Å². The van der Waals surface area contributed by atoms with Gasteiger partial charge in [0.15, 0.2) is 0 Å². The van der Waals surface area contributed by atoms with E-state index in [1.54, 1.807) is 7.05 Å². The molecule has 116 valence electrons. The highest BCUT2D eigenvalue weighted by molar-refractivity contribution is 7.89. The van der Waals surface area contributed by atoms with Gasteiger partial charge in [0.1, 0.15) is 0 Å². The van der Waals surface area contributed by atoms with Gasteiger partial charge in [0, 0.05) is 13.6 Å². The Labute approximate surface area is 125 Å². The summed E-state index contributed by atoms with van der Waals surface area (Å²) in [6.07, 6.45) is 6.88. The molecule has 1 saturated carbocycles. The Balaban J connectivity index is 1.58. The monoisotopic (exact) mass is 310 g/mol. The average Bonchev–Trinajstić information content (AvgIpc) is 2.86. The Hall–Kier alpha value is -1.21. The first-order valence-corrected chi connectivity index (χ1v) is 8.84. The van der Waals surface area contributed by atoms with Crippen LogP contribution in [0.5, 0.6) is 0 Å². The molecule has 1 fully saturated rings. The number of nitrogens with zero attached hydrogens (tertiary/aromatic N) is 3. The van der Waals surface area contributed by atoms with Gasteiger partial charge >= 0.3 is 0 Å². The Morgan fingerprint density at radius 1 is 1.48 bits per heavy atom. The predicted molar refractivity (Wildman–Crippen MR) is 78.9 cm³/mol. The Morgan fingerprint density at radius 3 is 2.81 bits per heavy atom. The highest BCUT2D eigenvalue weighted by Gasteiger charge is 2.50. The maximum Gasteiger partial charge on any atom is 0.261 e. The summed E-state index contributed by atoms with van der Waals surface area (Å²) in [5.74, 6) is 1.43. The fourth-order valence-electron chi connectivity index (χ4n) is 3.61. The van der Waals surface area contributed by atoms with Gasteiger partial charge in [0.25, 0.3) is 10.0 Å². The summed E-state index contributed by atoms with van der Waals surface area (Å²) in [7, 11) is -1.90. The van der Waals surface area contributed by atoms with Gasteiger partial charge in [-0.25, -0.2) is 13.1 Å². The summed E-state index contributed by atoms with van der Waals surface area (Å²) in [4.78, 5) is 0. The summed E-state index contributed by atoms with van der Waals surface area (Å²) < 4.78 is 28.1.